The first-order valence-electron chi connectivity index (χ1n) is 2.17. The zero-order valence-corrected chi connectivity index (χ0v) is 7.10. The van der Waals surface area contributed by atoms with Gasteiger partial charge in [-0.15, -0.1) is 0 Å². The summed E-state index contributed by atoms with van der Waals surface area (Å²) in [5.41, 5.74) is 0. The Morgan fingerprint density at radius 3 is 1.70 bits per heavy atom. The molecule has 0 bridgehead atoms. The van der Waals surface area contributed by atoms with Crippen molar-refractivity contribution in [3.63, 3.8) is 0 Å². The van der Waals surface area contributed by atoms with Gasteiger partial charge in [0.2, 0.25) is 9.23 Å². The molecule has 0 aromatic carbocycles. The summed E-state index contributed by atoms with van der Waals surface area (Å²) in [6, 6.07) is 1.78. The average Bonchev–Trinajstić information content (AvgIpc) is 1.90. The molecule has 0 amide bonds. The maximum absolute atomic E-state index is 9.09. The van der Waals surface area contributed by atoms with Crippen molar-refractivity contribution in [1.82, 2.24) is 9.97 Å². The quantitative estimate of drug-likeness (QED) is 0.595. The average molecular weight is 199 g/mol. The van der Waals surface area contributed by atoms with E-state index in [1.807, 2.05) is 0 Å². The van der Waals surface area contributed by atoms with E-state index in [4.69, 9.17) is 4.21 Å². The molecule has 0 spiro atoms. The SMILES string of the molecule is O=S(Cl)Cl.c1cncnc1. The fourth-order valence-electron chi connectivity index (χ4n) is 0.253. The number of aromatic nitrogens is 2. The van der Waals surface area contributed by atoms with Crippen LogP contribution in [-0.4, -0.2) is 14.2 Å². The van der Waals surface area contributed by atoms with Crippen LogP contribution < -0.4 is 0 Å². The molecule has 0 aliphatic carbocycles. The van der Waals surface area contributed by atoms with Crippen LogP contribution in [0.15, 0.2) is 24.8 Å². The highest BCUT2D eigenvalue weighted by atomic mass is 36.0. The van der Waals surface area contributed by atoms with Crippen molar-refractivity contribution in [3.8, 4) is 0 Å². The lowest BCUT2D eigenvalue weighted by atomic mass is 10.7. The van der Waals surface area contributed by atoms with Gasteiger partial charge in [-0.05, 0) is 6.07 Å². The van der Waals surface area contributed by atoms with Crippen molar-refractivity contribution < 1.29 is 4.21 Å². The van der Waals surface area contributed by atoms with Crippen LogP contribution in [0.4, 0.5) is 0 Å². The second-order valence-corrected chi connectivity index (χ2v) is 3.61. The Morgan fingerprint density at radius 1 is 1.20 bits per heavy atom. The van der Waals surface area contributed by atoms with Crippen LogP contribution in [-0.2, 0) is 9.23 Å². The van der Waals surface area contributed by atoms with Crippen molar-refractivity contribution >= 4 is 30.6 Å². The summed E-state index contributed by atoms with van der Waals surface area (Å²) in [4.78, 5) is 7.35. The molecule has 3 nitrogen and oxygen atoms in total. The highest BCUT2D eigenvalue weighted by Gasteiger charge is 1.68. The Labute approximate surface area is 69.9 Å². The lowest BCUT2D eigenvalue weighted by molar-refractivity contribution is 0.698. The first kappa shape index (κ1) is 9.81. The van der Waals surface area contributed by atoms with Crippen LogP contribution in [0.1, 0.15) is 0 Å². The normalized spacial score (nSPS) is 8.30. The van der Waals surface area contributed by atoms with E-state index in [1.54, 1.807) is 18.5 Å². The summed E-state index contributed by atoms with van der Waals surface area (Å²) in [6.07, 6.45) is 4.88. The smallest absolute Gasteiger partial charge is 0.211 e. The molecule has 0 atom stereocenters. The highest BCUT2D eigenvalue weighted by molar-refractivity contribution is 8.26. The second kappa shape index (κ2) is 6.92. The lowest BCUT2D eigenvalue weighted by Gasteiger charge is -1.70. The Kier molecular flexibility index (Phi) is 6.79. The van der Waals surface area contributed by atoms with Crippen LogP contribution in [0.25, 0.3) is 0 Å². The molecule has 0 N–H and O–H groups in total. The summed E-state index contributed by atoms with van der Waals surface area (Å²) in [5, 5.41) is 0. The minimum Gasteiger partial charge on any atom is -0.245 e. The zero-order valence-electron chi connectivity index (χ0n) is 4.78. The zero-order chi connectivity index (χ0) is 7.82. The van der Waals surface area contributed by atoms with E-state index in [0.29, 0.717) is 0 Å². The summed E-state index contributed by atoms with van der Waals surface area (Å²) >= 11 is 0. The first-order chi connectivity index (χ1) is 4.73. The molecule has 56 valence electrons. The Hall–Kier alpha value is -0.190. The van der Waals surface area contributed by atoms with Crippen LogP contribution in [0.2, 0.25) is 0 Å². The van der Waals surface area contributed by atoms with Crippen molar-refractivity contribution in [2.24, 2.45) is 0 Å². The molecule has 0 saturated carbocycles. The third-order valence-electron chi connectivity index (χ3n) is 0.478. The molecule has 0 unspecified atom stereocenters. The summed E-state index contributed by atoms with van der Waals surface area (Å²) in [5.74, 6) is 0. The van der Waals surface area contributed by atoms with Crippen LogP contribution in [0, 0.1) is 0 Å². The van der Waals surface area contributed by atoms with Crippen LogP contribution >= 0.6 is 21.4 Å². The van der Waals surface area contributed by atoms with Gasteiger partial charge in [0.25, 0.3) is 0 Å². The number of rotatable bonds is 0. The largest absolute Gasteiger partial charge is 0.245 e. The van der Waals surface area contributed by atoms with Crippen LogP contribution in [0.5, 0.6) is 0 Å². The van der Waals surface area contributed by atoms with Gasteiger partial charge in [0.05, 0.1) is 0 Å². The van der Waals surface area contributed by atoms with E-state index in [-0.39, 0.29) is 0 Å². The van der Waals surface area contributed by atoms with Crippen molar-refractivity contribution in [2.45, 2.75) is 0 Å². The summed E-state index contributed by atoms with van der Waals surface area (Å²) < 4.78 is 9.09. The van der Waals surface area contributed by atoms with E-state index in [1.165, 1.54) is 6.33 Å². The highest BCUT2D eigenvalue weighted by Crippen LogP contribution is 1.89. The predicted octanol–water partition coefficient (Wildman–Crippen LogP) is 1.52. The van der Waals surface area contributed by atoms with Gasteiger partial charge < -0.3 is 0 Å². The fourth-order valence-corrected chi connectivity index (χ4v) is 0.253. The van der Waals surface area contributed by atoms with Gasteiger partial charge in [-0.1, -0.05) is 0 Å². The van der Waals surface area contributed by atoms with Gasteiger partial charge in [-0.3, -0.25) is 0 Å². The van der Waals surface area contributed by atoms with Crippen molar-refractivity contribution in [1.29, 1.82) is 0 Å². The van der Waals surface area contributed by atoms with E-state index < -0.39 is 9.23 Å². The standard InChI is InChI=1S/C4H4N2.Cl2OS/c1-2-5-4-6-3-1;1-4(2)3/h1-4H;. The molecular weight excluding hydrogens is 195 g/mol. The monoisotopic (exact) mass is 198 g/mol. The topological polar surface area (TPSA) is 42.9 Å². The molecule has 1 rings (SSSR count). The molecule has 0 fully saturated rings. The second-order valence-electron chi connectivity index (χ2n) is 1.09. The van der Waals surface area contributed by atoms with E-state index >= 15 is 0 Å². The molecule has 1 heterocycles. The predicted molar refractivity (Wildman–Crippen MR) is 41.9 cm³/mol. The van der Waals surface area contributed by atoms with Gasteiger partial charge in [0.1, 0.15) is 6.33 Å². The molecule has 1 aromatic heterocycles. The molecule has 1 aromatic rings. The number of hydrogen-bond donors (Lipinski definition) is 0. The fraction of sp³-hybridized carbons (Fsp3) is 0. The molecule has 0 saturated heterocycles. The molecule has 10 heavy (non-hydrogen) atoms. The summed E-state index contributed by atoms with van der Waals surface area (Å²) in [7, 11) is 7.36. The summed E-state index contributed by atoms with van der Waals surface area (Å²) in [6.45, 7) is 0. The van der Waals surface area contributed by atoms with Gasteiger partial charge in [-0.2, -0.15) is 0 Å². The minimum absolute atomic E-state index is 1.50. The van der Waals surface area contributed by atoms with Gasteiger partial charge in [-0.25, -0.2) is 14.2 Å². The minimum atomic E-state index is -1.67. The Morgan fingerprint density at radius 2 is 1.60 bits per heavy atom. The van der Waals surface area contributed by atoms with Crippen LogP contribution in [0.3, 0.4) is 0 Å². The molecule has 6 heteroatoms. The maximum Gasteiger partial charge on any atom is 0.211 e. The maximum atomic E-state index is 9.09. The number of hydrogen-bond acceptors (Lipinski definition) is 3. The molecule has 0 aliphatic rings. The Bertz CT molecular complexity index is 153. The van der Waals surface area contributed by atoms with Gasteiger partial charge >= 0.3 is 0 Å². The third kappa shape index (κ3) is 10.7. The van der Waals surface area contributed by atoms with Gasteiger partial charge in [0.15, 0.2) is 0 Å². The van der Waals surface area contributed by atoms with Gasteiger partial charge in [0, 0.05) is 33.8 Å². The molecular formula is C4H4Cl2N2OS. The van der Waals surface area contributed by atoms with E-state index in [2.05, 4.69) is 31.3 Å². The van der Waals surface area contributed by atoms with Crippen molar-refractivity contribution in [3.05, 3.63) is 24.8 Å². The first-order valence-corrected chi connectivity index (χ1v) is 4.98. The van der Waals surface area contributed by atoms with E-state index in [9.17, 15) is 0 Å². The lowest BCUT2D eigenvalue weighted by Crippen LogP contribution is -1.66. The Balaban J connectivity index is 0.000000180. The number of halogens is 2. The third-order valence-corrected chi connectivity index (χ3v) is 0.478. The molecule has 0 aliphatic heterocycles. The molecule has 0 radical (unpaired) electrons. The van der Waals surface area contributed by atoms with Crippen molar-refractivity contribution in [2.75, 3.05) is 0 Å². The number of nitrogens with zero attached hydrogens (tertiary/aromatic N) is 2. The van der Waals surface area contributed by atoms with E-state index in [0.717, 1.165) is 0 Å².